The quantitative estimate of drug-likeness (QED) is 0.269. The molecule has 2 N–H and O–H groups in total. The number of allylic oxidation sites excluding steroid dienone is 3. The summed E-state index contributed by atoms with van der Waals surface area (Å²) in [4.78, 5) is 11.7. The zero-order chi connectivity index (χ0) is 25.1. The first-order valence-electron chi connectivity index (χ1n) is 13.2. The Labute approximate surface area is 215 Å². The Morgan fingerprint density at radius 1 is 1.35 bits per heavy atom. The smallest absolute Gasteiger partial charge is 0.316 e. The molecule has 3 fully saturated rings. The van der Waals surface area contributed by atoms with Gasteiger partial charge in [0.05, 0.1) is 11.7 Å². The van der Waals surface area contributed by atoms with E-state index < -0.39 is 11.7 Å². The standard InChI is InChI=1S/C29H45BrO4/c1-19(8-6-14-28(3,4)33)24-12-13-25-21(9-7-15-29(24,25)5)10-11-22-16-23(34-27(32)18-30)17-26(31)20(22)2/h10-11,19,23-26,31,33H,2,6-9,12-18H2,1,3-5H3/b21-10+,22-11-/t19-,23-,24?,25?,26+,29-/m1/s1. The summed E-state index contributed by atoms with van der Waals surface area (Å²) in [6.07, 6.45) is 13.8. The predicted molar refractivity (Wildman–Crippen MR) is 142 cm³/mol. The minimum atomic E-state index is -0.663. The van der Waals surface area contributed by atoms with Crippen LogP contribution in [0, 0.1) is 23.2 Å². The lowest BCUT2D eigenvalue weighted by Gasteiger charge is -2.44. The van der Waals surface area contributed by atoms with E-state index in [4.69, 9.17) is 4.74 Å². The van der Waals surface area contributed by atoms with Crippen LogP contribution in [-0.4, -0.2) is 39.3 Å². The number of aliphatic hydroxyl groups excluding tert-OH is 1. The Kier molecular flexibility index (Phi) is 9.30. The molecule has 0 bridgehead atoms. The van der Waals surface area contributed by atoms with Crippen molar-refractivity contribution in [2.45, 2.75) is 110 Å². The largest absolute Gasteiger partial charge is 0.461 e. The van der Waals surface area contributed by atoms with E-state index in [2.05, 4.69) is 48.5 Å². The van der Waals surface area contributed by atoms with Gasteiger partial charge in [0, 0.05) is 12.8 Å². The minimum absolute atomic E-state index is 0.168. The van der Waals surface area contributed by atoms with E-state index in [0.717, 1.165) is 36.3 Å². The first-order valence-corrected chi connectivity index (χ1v) is 14.3. The van der Waals surface area contributed by atoms with E-state index in [1.807, 2.05) is 13.8 Å². The molecule has 0 spiro atoms. The highest BCUT2D eigenvalue weighted by atomic mass is 79.9. The number of ether oxygens (including phenoxy) is 1. The van der Waals surface area contributed by atoms with Crippen molar-refractivity contribution in [1.29, 1.82) is 0 Å². The molecule has 5 heteroatoms. The average molecular weight is 538 g/mol. The van der Waals surface area contributed by atoms with Gasteiger partial charge in [-0.15, -0.1) is 0 Å². The van der Waals surface area contributed by atoms with Crippen LogP contribution in [0.1, 0.15) is 91.9 Å². The molecule has 0 heterocycles. The van der Waals surface area contributed by atoms with Gasteiger partial charge in [-0.2, -0.15) is 0 Å². The van der Waals surface area contributed by atoms with Gasteiger partial charge in [-0.1, -0.05) is 66.9 Å². The van der Waals surface area contributed by atoms with E-state index in [-0.39, 0.29) is 17.4 Å². The fraction of sp³-hybridized carbons (Fsp3) is 0.759. The van der Waals surface area contributed by atoms with Crippen molar-refractivity contribution in [2.24, 2.45) is 23.2 Å². The number of hydrogen-bond donors (Lipinski definition) is 2. The Morgan fingerprint density at radius 2 is 2.09 bits per heavy atom. The van der Waals surface area contributed by atoms with Crippen LogP contribution in [0.3, 0.4) is 0 Å². The first-order chi connectivity index (χ1) is 15.9. The third kappa shape index (κ3) is 6.64. The van der Waals surface area contributed by atoms with Crippen molar-refractivity contribution in [1.82, 2.24) is 0 Å². The topological polar surface area (TPSA) is 66.8 Å². The van der Waals surface area contributed by atoms with Crippen molar-refractivity contribution < 1.29 is 19.7 Å². The van der Waals surface area contributed by atoms with Gasteiger partial charge in [0.1, 0.15) is 11.4 Å². The Morgan fingerprint density at radius 3 is 2.76 bits per heavy atom. The Bertz CT molecular complexity index is 807. The molecule has 6 atom stereocenters. The summed E-state index contributed by atoms with van der Waals surface area (Å²) in [6, 6.07) is 0. The van der Waals surface area contributed by atoms with Crippen LogP contribution in [0.4, 0.5) is 0 Å². The SMILES string of the molecule is C=C1/C(=C\C=C2/CCC[C@@]3(C)C2CCC3[C@H](C)CCCC(C)(C)O)C[C@@H](OC(=O)CBr)C[C@@H]1O. The number of esters is 1. The molecule has 3 aliphatic rings. The van der Waals surface area contributed by atoms with Crippen LogP contribution in [0.25, 0.3) is 0 Å². The maximum atomic E-state index is 11.7. The van der Waals surface area contributed by atoms with Crippen molar-refractivity contribution >= 4 is 21.9 Å². The number of hydrogen-bond acceptors (Lipinski definition) is 4. The molecular weight excluding hydrogens is 492 g/mol. The molecule has 0 aromatic heterocycles. The summed E-state index contributed by atoms with van der Waals surface area (Å²) in [5.74, 6) is 1.73. The van der Waals surface area contributed by atoms with E-state index in [9.17, 15) is 15.0 Å². The zero-order valence-corrected chi connectivity index (χ0v) is 23.2. The molecule has 3 aliphatic carbocycles. The first kappa shape index (κ1) is 27.7. The van der Waals surface area contributed by atoms with E-state index >= 15 is 0 Å². The number of fused-ring (bicyclic) bond motifs is 1. The molecule has 2 unspecified atom stereocenters. The Balaban J connectivity index is 1.71. The summed E-state index contributed by atoms with van der Waals surface area (Å²) in [5, 5.41) is 20.7. The van der Waals surface area contributed by atoms with Gasteiger partial charge in [-0.25, -0.2) is 0 Å². The van der Waals surface area contributed by atoms with Crippen molar-refractivity contribution in [3.63, 3.8) is 0 Å². The second-order valence-electron chi connectivity index (χ2n) is 11.9. The summed E-state index contributed by atoms with van der Waals surface area (Å²) >= 11 is 3.14. The fourth-order valence-electron chi connectivity index (χ4n) is 7.03. The summed E-state index contributed by atoms with van der Waals surface area (Å²) in [7, 11) is 0. The van der Waals surface area contributed by atoms with Gasteiger partial charge in [0.25, 0.3) is 0 Å². The Hall–Kier alpha value is -0.910. The van der Waals surface area contributed by atoms with Crippen molar-refractivity contribution in [3.8, 4) is 0 Å². The number of rotatable bonds is 8. The lowest BCUT2D eigenvalue weighted by Crippen LogP contribution is -2.36. The number of carbonyl (C=O) groups is 1. The number of halogens is 1. The summed E-state index contributed by atoms with van der Waals surface area (Å²) < 4.78 is 5.50. The van der Waals surface area contributed by atoms with Gasteiger partial charge in [0.2, 0.25) is 0 Å². The number of aliphatic hydroxyl groups is 2. The highest BCUT2D eigenvalue weighted by Crippen LogP contribution is 2.60. The molecule has 0 saturated heterocycles. The van der Waals surface area contributed by atoms with E-state index in [1.165, 1.54) is 37.7 Å². The number of carbonyl (C=O) groups excluding carboxylic acids is 1. The summed E-state index contributed by atoms with van der Waals surface area (Å²) in [5.41, 5.74) is 3.06. The number of alkyl halides is 1. The lowest BCUT2D eigenvalue weighted by atomic mass is 9.60. The van der Waals surface area contributed by atoms with Gasteiger partial charge < -0.3 is 14.9 Å². The van der Waals surface area contributed by atoms with Gasteiger partial charge in [0.15, 0.2) is 0 Å². The van der Waals surface area contributed by atoms with Crippen LogP contribution in [0.2, 0.25) is 0 Å². The molecule has 3 saturated carbocycles. The van der Waals surface area contributed by atoms with Crippen LogP contribution in [-0.2, 0) is 9.53 Å². The molecule has 0 aromatic carbocycles. The molecule has 192 valence electrons. The molecule has 0 aliphatic heterocycles. The van der Waals surface area contributed by atoms with Crippen LogP contribution in [0.5, 0.6) is 0 Å². The third-order valence-corrected chi connectivity index (χ3v) is 9.28. The van der Waals surface area contributed by atoms with E-state index in [1.54, 1.807) is 0 Å². The highest BCUT2D eigenvalue weighted by molar-refractivity contribution is 9.09. The van der Waals surface area contributed by atoms with Gasteiger partial charge in [-0.3, -0.25) is 4.79 Å². The fourth-order valence-corrected chi connectivity index (χ4v) is 7.16. The predicted octanol–water partition coefficient (Wildman–Crippen LogP) is 6.65. The molecule has 3 rings (SSSR count). The minimum Gasteiger partial charge on any atom is -0.461 e. The van der Waals surface area contributed by atoms with Crippen molar-refractivity contribution in [3.05, 3.63) is 35.5 Å². The molecule has 0 radical (unpaired) electrons. The normalized spacial score (nSPS) is 35.4. The summed E-state index contributed by atoms with van der Waals surface area (Å²) in [6.45, 7) is 12.9. The lowest BCUT2D eigenvalue weighted by molar-refractivity contribution is -0.147. The maximum Gasteiger partial charge on any atom is 0.316 e. The highest BCUT2D eigenvalue weighted by Gasteiger charge is 2.50. The van der Waals surface area contributed by atoms with Crippen LogP contribution in [0.15, 0.2) is 35.5 Å². The molecule has 0 amide bonds. The zero-order valence-electron chi connectivity index (χ0n) is 21.6. The van der Waals surface area contributed by atoms with Gasteiger partial charge in [-0.05, 0) is 86.7 Å². The third-order valence-electron chi connectivity index (χ3n) is 8.83. The van der Waals surface area contributed by atoms with Crippen molar-refractivity contribution in [2.75, 3.05) is 5.33 Å². The second-order valence-corrected chi connectivity index (χ2v) is 12.5. The second kappa shape index (κ2) is 11.4. The van der Waals surface area contributed by atoms with E-state index in [0.29, 0.717) is 30.1 Å². The molecular formula is C29H45BrO4. The maximum absolute atomic E-state index is 11.7. The van der Waals surface area contributed by atoms with Gasteiger partial charge >= 0.3 is 5.97 Å². The van der Waals surface area contributed by atoms with Crippen LogP contribution < -0.4 is 0 Å². The molecule has 0 aromatic rings. The monoisotopic (exact) mass is 536 g/mol. The average Bonchev–Trinajstić information content (AvgIpc) is 3.11. The van der Waals surface area contributed by atoms with Crippen LogP contribution >= 0.6 is 15.9 Å². The molecule has 34 heavy (non-hydrogen) atoms. The molecule has 4 nitrogen and oxygen atoms in total.